The number of para-hydroxylation sites is 1. The second-order valence-corrected chi connectivity index (χ2v) is 8.27. The molecule has 1 N–H and O–H groups in total. The van der Waals surface area contributed by atoms with E-state index < -0.39 is 10.0 Å². The Morgan fingerprint density at radius 3 is 2.50 bits per heavy atom. The van der Waals surface area contributed by atoms with Crippen LogP contribution in [0.3, 0.4) is 0 Å². The molecule has 0 amide bonds. The van der Waals surface area contributed by atoms with Gasteiger partial charge in [-0.2, -0.15) is 0 Å². The van der Waals surface area contributed by atoms with Crippen LogP contribution in [0.25, 0.3) is 0 Å². The molecule has 0 atom stereocenters. The number of aryl methyl sites for hydroxylation is 1. The Morgan fingerprint density at radius 1 is 1.12 bits per heavy atom. The normalized spacial score (nSPS) is 11.5. The molecule has 0 bridgehead atoms. The fourth-order valence-corrected chi connectivity index (χ4v) is 4.27. The summed E-state index contributed by atoms with van der Waals surface area (Å²) in [5.74, 6) is 0. The first-order valence-corrected chi connectivity index (χ1v) is 10.3. The van der Waals surface area contributed by atoms with E-state index in [4.69, 9.17) is 0 Å². The van der Waals surface area contributed by atoms with Gasteiger partial charge in [0.05, 0.1) is 4.90 Å². The van der Waals surface area contributed by atoms with Crippen LogP contribution >= 0.6 is 15.9 Å². The molecule has 24 heavy (non-hydrogen) atoms. The van der Waals surface area contributed by atoms with E-state index in [0.29, 0.717) is 17.9 Å². The van der Waals surface area contributed by atoms with E-state index in [1.807, 2.05) is 50.4 Å². The van der Waals surface area contributed by atoms with Crippen molar-refractivity contribution in [2.75, 3.05) is 25.0 Å². The summed E-state index contributed by atoms with van der Waals surface area (Å²) < 4.78 is 28.6. The molecule has 2 aromatic rings. The molecule has 6 heteroatoms. The van der Waals surface area contributed by atoms with Gasteiger partial charge in [0.2, 0.25) is 10.0 Å². The van der Waals surface area contributed by atoms with Crippen LogP contribution in [-0.4, -0.2) is 28.6 Å². The first-order valence-electron chi connectivity index (χ1n) is 7.98. The summed E-state index contributed by atoms with van der Waals surface area (Å²) in [6.07, 6.45) is 1.41. The van der Waals surface area contributed by atoms with Crippen molar-refractivity contribution in [1.29, 1.82) is 0 Å². The lowest BCUT2D eigenvalue weighted by atomic mass is 10.2. The van der Waals surface area contributed by atoms with Crippen LogP contribution in [0.1, 0.15) is 18.9 Å². The SMILES string of the molecule is CCc1cc(Br)ccc1S(=O)(=O)NCCCN(C)c1ccccc1. The molecule has 0 aliphatic rings. The molecular formula is C18H23BrN2O2S. The summed E-state index contributed by atoms with van der Waals surface area (Å²) in [6.45, 7) is 3.15. The molecule has 0 radical (unpaired) electrons. The minimum Gasteiger partial charge on any atom is -0.375 e. The Labute approximate surface area is 153 Å². The predicted octanol–water partition coefficient (Wildman–Crippen LogP) is 3.82. The smallest absolute Gasteiger partial charge is 0.240 e. The second-order valence-electron chi connectivity index (χ2n) is 5.61. The number of anilines is 1. The molecule has 0 aliphatic carbocycles. The number of hydrogen-bond donors (Lipinski definition) is 1. The maximum Gasteiger partial charge on any atom is 0.240 e. The van der Waals surface area contributed by atoms with Crippen molar-refractivity contribution in [2.24, 2.45) is 0 Å². The van der Waals surface area contributed by atoms with Gasteiger partial charge in [-0.15, -0.1) is 0 Å². The molecule has 0 fully saturated rings. The third kappa shape index (κ3) is 5.06. The Kier molecular flexibility index (Phi) is 6.83. The minimum absolute atomic E-state index is 0.365. The van der Waals surface area contributed by atoms with Gasteiger partial charge in [-0.3, -0.25) is 0 Å². The number of nitrogens with one attached hydrogen (secondary N) is 1. The molecule has 0 saturated heterocycles. The standard InChI is InChI=1S/C18H23BrN2O2S/c1-3-15-14-16(19)10-11-18(15)24(22,23)20-12-7-13-21(2)17-8-5-4-6-9-17/h4-6,8-11,14,20H,3,7,12-13H2,1-2H3. The van der Waals surface area contributed by atoms with Crippen molar-refractivity contribution in [1.82, 2.24) is 4.72 Å². The third-order valence-corrected chi connectivity index (χ3v) is 5.91. The van der Waals surface area contributed by atoms with Crippen LogP contribution in [0.5, 0.6) is 0 Å². The van der Waals surface area contributed by atoms with Gasteiger partial charge in [0.25, 0.3) is 0 Å². The van der Waals surface area contributed by atoms with Crippen LogP contribution in [0.2, 0.25) is 0 Å². The van der Waals surface area contributed by atoms with Crippen molar-refractivity contribution >= 4 is 31.6 Å². The Morgan fingerprint density at radius 2 is 1.83 bits per heavy atom. The van der Waals surface area contributed by atoms with Gasteiger partial charge in [0.15, 0.2) is 0 Å². The van der Waals surface area contributed by atoms with Crippen LogP contribution in [-0.2, 0) is 16.4 Å². The summed E-state index contributed by atoms with van der Waals surface area (Å²) in [4.78, 5) is 2.48. The quantitative estimate of drug-likeness (QED) is 0.672. The zero-order chi connectivity index (χ0) is 17.6. The fourth-order valence-electron chi connectivity index (χ4n) is 2.50. The zero-order valence-electron chi connectivity index (χ0n) is 14.0. The van der Waals surface area contributed by atoms with Gasteiger partial charge in [-0.25, -0.2) is 13.1 Å². The molecule has 0 aliphatic heterocycles. The van der Waals surface area contributed by atoms with Crippen LogP contribution in [0, 0.1) is 0 Å². The predicted molar refractivity (Wildman–Crippen MR) is 103 cm³/mol. The van der Waals surface area contributed by atoms with Crippen LogP contribution in [0.4, 0.5) is 5.69 Å². The minimum atomic E-state index is -3.47. The molecule has 4 nitrogen and oxygen atoms in total. The van der Waals surface area contributed by atoms with E-state index in [9.17, 15) is 8.42 Å². The van der Waals surface area contributed by atoms with Gasteiger partial charge in [-0.05, 0) is 48.7 Å². The molecule has 130 valence electrons. The van der Waals surface area contributed by atoms with Crippen molar-refractivity contribution < 1.29 is 8.42 Å². The largest absolute Gasteiger partial charge is 0.375 e. The Bertz CT molecular complexity index is 764. The number of halogens is 1. The van der Waals surface area contributed by atoms with E-state index in [-0.39, 0.29) is 0 Å². The lowest BCUT2D eigenvalue weighted by Crippen LogP contribution is -2.29. The molecule has 2 rings (SSSR count). The van der Waals surface area contributed by atoms with Crippen molar-refractivity contribution in [3.05, 3.63) is 58.6 Å². The van der Waals surface area contributed by atoms with E-state index in [1.165, 1.54) is 0 Å². The van der Waals surface area contributed by atoms with E-state index in [1.54, 1.807) is 12.1 Å². The van der Waals surface area contributed by atoms with Gasteiger partial charge in [0.1, 0.15) is 0 Å². The van der Waals surface area contributed by atoms with E-state index in [0.717, 1.165) is 28.7 Å². The number of nitrogens with zero attached hydrogens (tertiary/aromatic N) is 1. The van der Waals surface area contributed by atoms with E-state index in [2.05, 4.69) is 25.6 Å². The zero-order valence-corrected chi connectivity index (χ0v) is 16.4. The topological polar surface area (TPSA) is 49.4 Å². The third-order valence-electron chi connectivity index (χ3n) is 3.85. The summed E-state index contributed by atoms with van der Waals surface area (Å²) in [5, 5.41) is 0. The first kappa shape index (κ1) is 19.0. The highest BCUT2D eigenvalue weighted by Gasteiger charge is 2.17. The van der Waals surface area contributed by atoms with Gasteiger partial charge < -0.3 is 4.90 Å². The summed E-state index contributed by atoms with van der Waals surface area (Å²) in [6, 6.07) is 15.3. The number of sulfonamides is 1. The molecule has 0 heterocycles. The van der Waals surface area contributed by atoms with Crippen molar-refractivity contribution in [2.45, 2.75) is 24.7 Å². The summed E-state index contributed by atoms with van der Waals surface area (Å²) >= 11 is 3.39. The second kappa shape index (κ2) is 8.65. The molecule has 0 unspecified atom stereocenters. The van der Waals surface area contributed by atoms with Crippen molar-refractivity contribution in [3.63, 3.8) is 0 Å². The lowest BCUT2D eigenvalue weighted by molar-refractivity contribution is 0.578. The monoisotopic (exact) mass is 410 g/mol. The highest BCUT2D eigenvalue weighted by molar-refractivity contribution is 9.10. The van der Waals surface area contributed by atoms with Gasteiger partial charge >= 0.3 is 0 Å². The maximum absolute atomic E-state index is 12.5. The molecule has 2 aromatic carbocycles. The maximum atomic E-state index is 12.5. The van der Waals surface area contributed by atoms with Gasteiger partial charge in [-0.1, -0.05) is 41.1 Å². The molecule has 0 saturated carbocycles. The molecule has 0 spiro atoms. The lowest BCUT2D eigenvalue weighted by Gasteiger charge is -2.19. The Hall–Kier alpha value is -1.37. The average Bonchev–Trinajstić information content (AvgIpc) is 2.59. The number of hydrogen-bond acceptors (Lipinski definition) is 3. The highest BCUT2D eigenvalue weighted by atomic mass is 79.9. The van der Waals surface area contributed by atoms with E-state index >= 15 is 0 Å². The fraction of sp³-hybridized carbons (Fsp3) is 0.333. The highest BCUT2D eigenvalue weighted by Crippen LogP contribution is 2.21. The molecule has 0 aromatic heterocycles. The van der Waals surface area contributed by atoms with Gasteiger partial charge in [0, 0.05) is 30.3 Å². The average molecular weight is 411 g/mol. The number of rotatable bonds is 8. The van der Waals surface area contributed by atoms with Crippen molar-refractivity contribution in [3.8, 4) is 0 Å². The van der Waals surface area contributed by atoms with Crippen LogP contribution < -0.4 is 9.62 Å². The molecular weight excluding hydrogens is 388 g/mol. The first-order chi connectivity index (χ1) is 11.4. The number of benzene rings is 2. The summed E-state index contributed by atoms with van der Waals surface area (Å²) in [7, 11) is -1.46. The van der Waals surface area contributed by atoms with Crippen LogP contribution in [0.15, 0.2) is 57.9 Å². The Balaban J connectivity index is 1.92. The summed E-state index contributed by atoms with van der Waals surface area (Å²) in [5.41, 5.74) is 1.94.